The Hall–Kier alpha value is -2.04. The van der Waals surface area contributed by atoms with E-state index in [2.05, 4.69) is 50.2 Å². The molecule has 2 aromatic carbocycles. The maximum Gasteiger partial charge on any atom is 0.119 e. The third kappa shape index (κ3) is 5.97. The zero-order valence-corrected chi connectivity index (χ0v) is 18.0. The molecule has 4 N–H and O–H groups in total. The molecule has 1 aliphatic rings. The molecular formula is C25H36N2O2. The van der Waals surface area contributed by atoms with Crippen molar-refractivity contribution in [3.63, 3.8) is 0 Å². The fourth-order valence-corrected chi connectivity index (χ4v) is 3.85. The van der Waals surface area contributed by atoms with Gasteiger partial charge in [-0.25, -0.2) is 0 Å². The summed E-state index contributed by atoms with van der Waals surface area (Å²) in [6.45, 7) is 5.51. The average molecular weight is 397 g/mol. The van der Waals surface area contributed by atoms with Gasteiger partial charge in [0.1, 0.15) is 24.7 Å². The second-order valence-corrected chi connectivity index (χ2v) is 8.24. The molecule has 0 saturated heterocycles. The van der Waals surface area contributed by atoms with E-state index < -0.39 is 0 Å². The number of rotatable bonds is 12. The fourth-order valence-electron chi connectivity index (χ4n) is 3.85. The van der Waals surface area contributed by atoms with E-state index in [0.717, 1.165) is 43.6 Å². The van der Waals surface area contributed by atoms with E-state index in [4.69, 9.17) is 20.9 Å². The Morgan fingerprint density at radius 1 is 0.759 bits per heavy atom. The molecule has 2 atom stereocenters. The van der Waals surface area contributed by atoms with Crippen LogP contribution in [-0.2, 0) is 6.42 Å². The molecule has 3 rings (SSSR count). The Balaban J connectivity index is 1.58. The molecule has 0 spiro atoms. The first-order chi connectivity index (χ1) is 14.1. The molecule has 0 heterocycles. The van der Waals surface area contributed by atoms with E-state index in [-0.39, 0.29) is 12.1 Å². The van der Waals surface area contributed by atoms with Gasteiger partial charge in [0, 0.05) is 12.1 Å². The van der Waals surface area contributed by atoms with Crippen LogP contribution in [0.3, 0.4) is 0 Å². The summed E-state index contributed by atoms with van der Waals surface area (Å²) < 4.78 is 11.9. The van der Waals surface area contributed by atoms with E-state index in [1.807, 2.05) is 0 Å². The molecule has 158 valence electrons. The van der Waals surface area contributed by atoms with Gasteiger partial charge in [0.25, 0.3) is 0 Å². The number of nitrogens with two attached hydrogens (primary N) is 2. The van der Waals surface area contributed by atoms with Crippen molar-refractivity contribution < 1.29 is 9.47 Å². The minimum absolute atomic E-state index is 0.101. The summed E-state index contributed by atoms with van der Waals surface area (Å²) in [6, 6.07) is 12.9. The van der Waals surface area contributed by atoms with Gasteiger partial charge in [0.15, 0.2) is 0 Å². The highest BCUT2D eigenvalue weighted by Crippen LogP contribution is 2.39. The van der Waals surface area contributed by atoms with Crippen LogP contribution in [-0.4, -0.2) is 25.3 Å². The Bertz CT molecular complexity index is 725. The standard InChI is InChI=1S/C25H36N2O2/c1-3-5-7-20(26)16-28-22-9-11-24-18(14-22)13-19-15-23(10-12-25(19)24)29-17-21(27)8-6-4-2/h9-12,14-15,20-21H,3-8,13,16-17,26-27H2,1-2H3. The molecule has 1 aliphatic carbocycles. The van der Waals surface area contributed by atoms with Crippen molar-refractivity contribution in [1.29, 1.82) is 0 Å². The summed E-state index contributed by atoms with van der Waals surface area (Å²) >= 11 is 0. The quantitative estimate of drug-likeness (QED) is 0.449. The lowest BCUT2D eigenvalue weighted by molar-refractivity contribution is 0.279. The molecule has 0 aliphatic heterocycles. The Labute approximate surface area is 175 Å². The third-order valence-electron chi connectivity index (χ3n) is 5.61. The number of benzene rings is 2. The Morgan fingerprint density at radius 3 is 1.62 bits per heavy atom. The first kappa shape index (κ1) is 21.7. The van der Waals surface area contributed by atoms with Crippen LogP contribution in [0.25, 0.3) is 11.1 Å². The van der Waals surface area contributed by atoms with Crippen molar-refractivity contribution in [1.82, 2.24) is 0 Å². The lowest BCUT2D eigenvalue weighted by Crippen LogP contribution is -2.27. The van der Waals surface area contributed by atoms with Crippen LogP contribution in [0, 0.1) is 0 Å². The normalized spacial score (nSPS) is 14.2. The number of unbranched alkanes of at least 4 members (excludes halogenated alkanes) is 2. The zero-order valence-electron chi connectivity index (χ0n) is 18.0. The summed E-state index contributed by atoms with van der Waals surface area (Å²) in [6.07, 6.45) is 7.57. The van der Waals surface area contributed by atoms with Crippen LogP contribution in [0.4, 0.5) is 0 Å². The minimum atomic E-state index is 0.101. The van der Waals surface area contributed by atoms with Crippen molar-refractivity contribution >= 4 is 0 Å². The largest absolute Gasteiger partial charge is 0.492 e. The number of ether oxygens (including phenoxy) is 2. The fraction of sp³-hybridized carbons (Fsp3) is 0.520. The highest BCUT2D eigenvalue weighted by Gasteiger charge is 2.20. The highest BCUT2D eigenvalue weighted by molar-refractivity contribution is 5.78. The summed E-state index contributed by atoms with van der Waals surface area (Å²) in [5.41, 5.74) is 17.4. The van der Waals surface area contributed by atoms with E-state index in [1.165, 1.54) is 35.1 Å². The third-order valence-corrected chi connectivity index (χ3v) is 5.61. The molecule has 29 heavy (non-hydrogen) atoms. The number of fused-ring (bicyclic) bond motifs is 3. The Kier molecular flexibility index (Phi) is 7.96. The Morgan fingerprint density at radius 2 is 1.21 bits per heavy atom. The monoisotopic (exact) mass is 396 g/mol. The molecule has 4 heteroatoms. The second kappa shape index (κ2) is 10.7. The van der Waals surface area contributed by atoms with Crippen LogP contribution in [0.1, 0.15) is 63.5 Å². The highest BCUT2D eigenvalue weighted by atomic mass is 16.5. The molecule has 0 aromatic heterocycles. The van der Waals surface area contributed by atoms with Crippen molar-refractivity contribution in [2.24, 2.45) is 11.5 Å². The number of hydrogen-bond acceptors (Lipinski definition) is 4. The summed E-state index contributed by atoms with van der Waals surface area (Å²) in [4.78, 5) is 0. The van der Waals surface area contributed by atoms with Crippen LogP contribution >= 0.6 is 0 Å². The summed E-state index contributed by atoms with van der Waals surface area (Å²) in [5.74, 6) is 1.81. The second-order valence-electron chi connectivity index (χ2n) is 8.24. The maximum atomic E-state index is 6.13. The molecule has 0 fully saturated rings. The predicted molar refractivity (Wildman–Crippen MR) is 121 cm³/mol. The molecule has 0 radical (unpaired) electrons. The molecular weight excluding hydrogens is 360 g/mol. The number of hydrogen-bond donors (Lipinski definition) is 2. The van der Waals surface area contributed by atoms with Crippen LogP contribution in [0.15, 0.2) is 36.4 Å². The van der Waals surface area contributed by atoms with E-state index in [9.17, 15) is 0 Å². The molecule has 0 saturated carbocycles. The first-order valence-electron chi connectivity index (χ1n) is 11.1. The SMILES string of the molecule is CCCCC(N)COc1ccc2c(c1)Cc1cc(OCC(N)CCCC)ccc1-2. The van der Waals surface area contributed by atoms with Crippen molar-refractivity contribution in [2.75, 3.05) is 13.2 Å². The van der Waals surface area contributed by atoms with Crippen molar-refractivity contribution in [3.8, 4) is 22.6 Å². The molecule has 4 nitrogen and oxygen atoms in total. The van der Waals surface area contributed by atoms with Crippen molar-refractivity contribution in [2.45, 2.75) is 70.9 Å². The molecule has 2 unspecified atom stereocenters. The van der Waals surface area contributed by atoms with Gasteiger partial charge in [-0.15, -0.1) is 0 Å². The van der Waals surface area contributed by atoms with E-state index in [1.54, 1.807) is 0 Å². The van der Waals surface area contributed by atoms with E-state index in [0.29, 0.717) is 13.2 Å². The van der Waals surface area contributed by atoms with Gasteiger partial charge in [-0.3, -0.25) is 0 Å². The predicted octanol–water partition coefficient (Wildman–Crippen LogP) is 5.05. The van der Waals surface area contributed by atoms with Gasteiger partial charge in [0.2, 0.25) is 0 Å². The molecule has 0 amide bonds. The van der Waals surface area contributed by atoms with Crippen LogP contribution < -0.4 is 20.9 Å². The lowest BCUT2D eigenvalue weighted by atomic mass is 10.1. The van der Waals surface area contributed by atoms with E-state index >= 15 is 0 Å². The van der Waals surface area contributed by atoms with Gasteiger partial charge in [0.05, 0.1) is 0 Å². The lowest BCUT2D eigenvalue weighted by Gasteiger charge is -2.14. The smallest absolute Gasteiger partial charge is 0.119 e. The van der Waals surface area contributed by atoms with Gasteiger partial charge < -0.3 is 20.9 Å². The van der Waals surface area contributed by atoms with Gasteiger partial charge in [-0.2, -0.15) is 0 Å². The first-order valence-corrected chi connectivity index (χ1v) is 11.1. The van der Waals surface area contributed by atoms with Crippen LogP contribution in [0.5, 0.6) is 11.5 Å². The summed E-state index contributed by atoms with van der Waals surface area (Å²) in [5, 5.41) is 0. The van der Waals surface area contributed by atoms with Crippen LogP contribution in [0.2, 0.25) is 0 Å². The van der Waals surface area contributed by atoms with Gasteiger partial charge in [-0.1, -0.05) is 51.7 Å². The molecule has 0 bridgehead atoms. The minimum Gasteiger partial charge on any atom is -0.492 e. The molecule has 2 aromatic rings. The topological polar surface area (TPSA) is 70.5 Å². The van der Waals surface area contributed by atoms with Crippen molar-refractivity contribution in [3.05, 3.63) is 47.5 Å². The maximum absolute atomic E-state index is 6.13. The van der Waals surface area contributed by atoms with Gasteiger partial charge >= 0.3 is 0 Å². The average Bonchev–Trinajstić information content (AvgIpc) is 3.10. The van der Waals surface area contributed by atoms with Gasteiger partial charge in [-0.05, 0) is 65.8 Å². The summed E-state index contributed by atoms with van der Waals surface area (Å²) in [7, 11) is 0. The zero-order chi connectivity index (χ0) is 20.6.